The van der Waals surface area contributed by atoms with Crippen LogP contribution in [0.1, 0.15) is 12.5 Å². The first-order valence-electron chi connectivity index (χ1n) is 4.16. The lowest BCUT2D eigenvalue weighted by Gasteiger charge is -2.09. The Kier molecular flexibility index (Phi) is 3.90. The Morgan fingerprint density at radius 2 is 2.29 bits per heavy atom. The Labute approximate surface area is 90.4 Å². The van der Waals surface area contributed by atoms with Gasteiger partial charge in [-0.05, 0) is 19.1 Å². The summed E-state index contributed by atoms with van der Waals surface area (Å²) in [4.78, 5) is 0. The van der Waals surface area contributed by atoms with Crippen LogP contribution in [0.5, 0.6) is 5.75 Å². The minimum atomic E-state index is -0.413. The molecule has 0 amide bonds. The van der Waals surface area contributed by atoms with Gasteiger partial charge in [0.05, 0.1) is 19.1 Å². The van der Waals surface area contributed by atoms with Crippen molar-refractivity contribution in [3.63, 3.8) is 0 Å². The van der Waals surface area contributed by atoms with E-state index in [0.717, 1.165) is 0 Å². The van der Waals surface area contributed by atoms with Crippen LogP contribution in [0.15, 0.2) is 16.6 Å². The minimum Gasteiger partial charge on any atom is -0.493 e. The summed E-state index contributed by atoms with van der Waals surface area (Å²) < 4.78 is 19.2. The van der Waals surface area contributed by atoms with Gasteiger partial charge in [-0.25, -0.2) is 4.39 Å². The van der Waals surface area contributed by atoms with Crippen molar-refractivity contribution in [2.75, 3.05) is 6.61 Å². The molecule has 1 aromatic carbocycles. The first kappa shape index (κ1) is 11.0. The number of nitriles is 1. The fourth-order valence-corrected chi connectivity index (χ4v) is 1.52. The molecule has 0 saturated carbocycles. The molecule has 4 heteroatoms. The first-order valence-corrected chi connectivity index (χ1v) is 4.96. The van der Waals surface area contributed by atoms with Gasteiger partial charge in [0.1, 0.15) is 11.6 Å². The van der Waals surface area contributed by atoms with Gasteiger partial charge < -0.3 is 4.74 Å². The molecule has 0 bridgehead atoms. The van der Waals surface area contributed by atoms with Crippen LogP contribution in [0.25, 0.3) is 0 Å². The van der Waals surface area contributed by atoms with Crippen molar-refractivity contribution in [2.24, 2.45) is 0 Å². The third-order valence-electron chi connectivity index (χ3n) is 1.67. The van der Waals surface area contributed by atoms with Crippen molar-refractivity contribution in [3.05, 3.63) is 28.0 Å². The molecule has 2 nitrogen and oxygen atoms in total. The van der Waals surface area contributed by atoms with Crippen molar-refractivity contribution < 1.29 is 9.13 Å². The fourth-order valence-electron chi connectivity index (χ4n) is 1.11. The van der Waals surface area contributed by atoms with Crippen molar-refractivity contribution in [3.8, 4) is 11.8 Å². The Morgan fingerprint density at radius 1 is 1.57 bits per heavy atom. The zero-order valence-corrected chi connectivity index (χ0v) is 9.27. The second-order valence-corrected chi connectivity index (χ2v) is 3.55. The summed E-state index contributed by atoms with van der Waals surface area (Å²) in [7, 11) is 0. The Balaban J connectivity index is 3.16. The average molecular weight is 258 g/mol. The van der Waals surface area contributed by atoms with Gasteiger partial charge in [-0.15, -0.1) is 0 Å². The Bertz CT molecular complexity index is 373. The third-order valence-corrected chi connectivity index (χ3v) is 2.13. The van der Waals surface area contributed by atoms with E-state index in [9.17, 15) is 4.39 Å². The molecule has 1 aromatic rings. The molecule has 0 N–H and O–H groups in total. The molecule has 0 saturated heterocycles. The number of benzene rings is 1. The van der Waals surface area contributed by atoms with Gasteiger partial charge in [-0.2, -0.15) is 5.26 Å². The van der Waals surface area contributed by atoms with Crippen LogP contribution < -0.4 is 4.74 Å². The highest BCUT2D eigenvalue weighted by molar-refractivity contribution is 9.10. The summed E-state index contributed by atoms with van der Waals surface area (Å²) in [6, 6.07) is 4.90. The summed E-state index contributed by atoms with van der Waals surface area (Å²) in [6.45, 7) is 2.27. The van der Waals surface area contributed by atoms with E-state index in [1.54, 1.807) is 6.07 Å². The molecule has 0 aliphatic carbocycles. The van der Waals surface area contributed by atoms with Crippen molar-refractivity contribution >= 4 is 15.9 Å². The standard InChI is InChI=1S/C10H9BrFNO/c1-2-14-10-6-7(11)5-9(12)8(10)3-4-13/h5-6H,2-3H2,1H3. The minimum absolute atomic E-state index is 0.0223. The van der Waals surface area contributed by atoms with Crippen LogP contribution >= 0.6 is 15.9 Å². The third kappa shape index (κ3) is 2.46. The highest BCUT2D eigenvalue weighted by atomic mass is 79.9. The van der Waals surface area contributed by atoms with E-state index in [1.807, 2.05) is 13.0 Å². The number of hydrogen-bond donors (Lipinski definition) is 0. The molecule has 0 atom stereocenters. The zero-order valence-electron chi connectivity index (χ0n) is 7.68. The quantitative estimate of drug-likeness (QED) is 0.834. The lowest BCUT2D eigenvalue weighted by Crippen LogP contribution is -1.99. The van der Waals surface area contributed by atoms with Crippen LogP contribution in [0.4, 0.5) is 4.39 Å². The SMILES string of the molecule is CCOc1cc(Br)cc(F)c1CC#N. The maximum atomic E-state index is 13.4. The smallest absolute Gasteiger partial charge is 0.132 e. The fraction of sp³-hybridized carbons (Fsp3) is 0.300. The molecule has 0 radical (unpaired) electrons. The number of hydrogen-bond acceptors (Lipinski definition) is 2. The molecular weight excluding hydrogens is 249 g/mol. The summed E-state index contributed by atoms with van der Waals surface area (Å²) in [5, 5.41) is 8.52. The Morgan fingerprint density at radius 3 is 2.86 bits per heavy atom. The topological polar surface area (TPSA) is 33.0 Å². The molecule has 14 heavy (non-hydrogen) atoms. The van der Waals surface area contributed by atoms with Crippen molar-refractivity contribution in [1.82, 2.24) is 0 Å². The predicted octanol–water partition coefficient (Wildman–Crippen LogP) is 3.05. The zero-order chi connectivity index (χ0) is 10.6. The van der Waals surface area contributed by atoms with E-state index >= 15 is 0 Å². The van der Waals surface area contributed by atoms with Gasteiger partial charge in [-0.1, -0.05) is 15.9 Å². The predicted molar refractivity (Wildman–Crippen MR) is 54.6 cm³/mol. The summed E-state index contributed by atoms with van der Waals surface area (Å²) in [5.74, 6) is 0.0188. The number of halogens is 2. The summed E-state index contributed by atoms with van der Waals surface area (Å²) in [5.41, 5.74) is 0.317. The molecular formula is C10H9BrFNO. The average Bonchev–Trinajstić information content (AvgIpc) is 2.11. The van der Waals surface area contributed by atoms with Crippen LogP contribution in [-0.4, -0.2) is 6.61 Å². The molecule has 0 heterocycles. The van der Waals surface area contributed by atoms with Crippen LogP contribution in [0.3, 0.4) is 0 Å². The second-order valence-electron chi connectivity index (χ2n) is 2.63. The van der Waals surface area contributed by atoms with Gasteiger partial charge in [-0.3, -0.25) is 0 Å². The molecule has 1 rings (SSSR count). The normalized spacial score (nSPS) is 9.57. The highest BCUT2D eigenvalue weighted by Crippen LogP contribution is 2.27. The summed E-state index contributed by atoms with van der Waals surface area (Å²) in [6.07, 6.45) is 0.0223. The lowest BCUT2D eigenvalue weighted by atomic mass is 10.1. The molecule has 0 fully saturated rings. The monoisotopic (exact) mass is 257 g/mol. The molecule has 0 unspecified atom stereocenters. The van der Waals surface area contributed by atoms with Crippen LogP contribution in [0.2, 0.25) is 0 Å². The number of ether oxygens (including phenoxy) is 1. The molecule has 0 spiro atoms. The van der Waals surface area contributed by atoms with Gasteiger partial charge in [0.25, 0.3) is 0 Å². The van der Waals surface area contributed by atoms with Gasteiger partial charge >= 0.3 is 0 Å². The van der Waals surface area contributed by atoms with Gasteiger partial charge in [0.15, 0.2) is 0 Å². The second kappa shape index (κ2) is 4.97. The number of nitrogens with zero attached hydrogens (tertiary/aromatic N) is 1. The van der Waals surface area contributed by atoms with E-state index in [1.165, 1.54) is 6.07 Å². The largest absolute Gasteiger partial charge is 0.493 e. The molecule has 0 aliphatic rings. The van der Waals surface area contributed by atoms with E-state index in [-0.39, 0.29) is 6.42 Å². The van der Waals surface area contributed by atoms with Gasteiger partial charge in [0, 0.05) is 10.0 Å². The molecule has 74 valence electrons. The van der Waals surface area contributed by atoms with E-state index < -0.39 is 5.82 Å². The molecule has 0 aromatic heterocycles. The van der Waals surface area contributed by atoms with Crippen LogP contribution in [-0.2, 0) is 6.42 Å². The Hall–Kier alpha value is -1.08. The first-order chi connectivity index (χ1) is 6.69. The van der Waals surface area contributed by atoms with E-state index in [0.29, 0.717) is 22.4 Å². The van der Waals surface area contributed by atoms with Crippen molar-refractivity contribution in [2.45, 2.75) is 13.3 Å². The van der Waals surface area contributed by atoms with Gasteiger partial charge in [0.2, 0.25) is 0 Å². The van der Waals surface area contributed by atoms with Crippen LogP contribution in [0, 0.1) is 17.1 Å². The maximum absolute atomic E-state index is 13.4. The van der Waals surface area contributed by atoms with E-state index in [4.69, 9.17) is 10.00 Å². The summed E-state index contributed by atoms with van der Waals surface area (Å²) >= 11 is 3.17. The van der Waals surface area contributed by atoms with E-state index in [2.05, 4.69) is 15.9 Å². The molecule has 0 aliphatic heterocycles. The lowest BCUT2D eigenvalue weighted by molar-refractivity contribution is 0.334. The van der Waals surface area contributed by atoms with Crippen molar-refractivity contribution in [1.29, 1.82) is 5.26 Å². The highest BCUT2D eigenvalue weighted by Gasteiger charge is 2.10. The number of rotatable bonds is 3. The maximum Gasteiger partial charge on any atom is 0.132 e.